The number of fused-ring (bicyclic) bond motifs is 1. The van der Waals surface area contributed by atoms with Gasteiger partial charge in [0.2, 0.25) is 5.91 Å². The van der Waals surface area contributed by atoms with Crippen molar-refractivity contribution in [2.45, 2.75) is 19.9 Å². The van der Waals surface area contributed by atoms with Gasteiger partial charge in [0.15, 0.2) is 0 Å². The van der Waals surface area contributed by atoms with Gasteiger partial charge in [-0.15, -0.1) is 0 Å². The second-order valence-corrected chi connectivity index (χ2v) is 4.60. The zero-order valence-electron chi connectivity index (χ0n) is 11.1. The van der Waals surface area contributed by atoms with Crippen molar-refractivity contribution < 1.29 is 4.79 Å². The van der Waals surface area contributed by atoms with Crippen molar-refractivity contribution in [1.29, 1.82) is 0 Å². The number of hydrogen-bond acceptors (Lipinski definition) is 3. The summed E-state index contributed by atoms with van der Waals surface area (Å²) in [6.07, 6.45) is 1.10. The first-order chi connectivity index (χ1) is 8.74. The van der Waals surface area contributed by atoms with E-state index in [1.165, 1.54) is 16.8 Å². The van der Waals surface area contributed by atoms with Crippen LogP contribution in [0.25, 0.3) is 0 Å². The van der Waals surface area contributed by atoms with Crippen LogP contribution in [0.2, 0.25) is 0 Å². The lowest BCUT2D eigenvalue weighted by atomic mass is 10.1. The third-order valence-electron chi connectivity index (χ3n) is 3.42. The molecule has 2 N–H and O–H groups in total. The topological polar surface area (TPSA) is 44.4 Å². The molecular weight excluding hydrogens is 226 g/mol. The van der Waals surface area contributed by atoms with Crippen molar-refractivity contribution >= 4 is 11.6 Å². The van der Waals surface area contributed by atoms with Crippen LogP contribution in [-0.2, 0) is 17.8 Å². The zero-order chi connectivity index (χ0) is 13.0. The Morgan fingerprint density at radius 2 is 2.33 bits per heavy atom. The van der Waals surface area contributed by atoms with E-state index in [0.717, 1.165) is 26.1 Å². The van der Waals surface area contributed by atoms with Crippen LogP contribution in [0.15, 0.2) is 18.2 Å². The highest BCUT2D eigenvalue weighted by Gasteiger charge is 2.16. The first kappa shape index (κ1) is 12.9. The Morgan fingerprint density at radius 1 is 1.50 bits per heavy atom. The Labute approximate surface area is 108 Å². The summed E-state index contributed by atoms with van der Waals surface area (Å²) in [6.45, 7) is 5.25. The van der Waals surface area contributed by atoms with E-state index in [1.807, 2.05) is 0 Å². The highest BCUT2D eigenvalue weighted by atomic mass is 16.1. The molecule has 0 spiro atoms. The van der Waals surface area contributed by atoms with Crippen molar-refractivity contribution in [2.75, 3.05) is 32.0 Å². The van der Waals surface area contributed by atoms with Gasteiger partial charge in [0.1, 0.15) is 0 Å². The number of amides is 1. The molecule has 2 rings (SSSR count). The minimum atomic E-state index is 0.0670. The predicted octanol–water partition coefficient (Wildman–Crippen LogP) is 1.22. The predicted molar refractivity (Wildman–Crippen MR) is 73.7 cm³/mol. The third kappa shape index (κ3) is 2.82. The third-order valence-corrected chi connectivity index (χ3v) is 3.42. The van der Waals surface area contributed by atoms with Gasteiger partial charge in [-0.3, -0.25) is 9.69 Å². The van der Waals surface area contributed by atoms with E-state index in [9.17, 15) is 4.79 Å². The van der Waals surface area contributed by atoms with E-state index >= 15 is 0 Å². The van der Waals surface area contributed by atoms with Gasteiger partial charge in [0.25, 0.3) is 0 Å². The summed E-state index contributed by atoms with van der Waals surface area (Å²) in [7, 11) is 1.68. The van der Waals surface area contributed by atoms with E-state index in [1.54, 1.807) is 7.05 Å². The second kappa shape index (κ2) is 5.87. The minimum absolute atomic E-state index is 0.0670. The average molecular weight is 247 g/mol. The van der Waals surface area contributed by atoms with Crippen LogP contribution in [0.4, 0.5) is 5.69 Å². The zero-order valence-corrected chi connectivity index (χ0v) is 11.1. The SMILES string of the molecule is CCN(CC(=O)NC)Cc1cccc2c1NCC2. The fourth-order valence-electron chi connectivity index (χ4n) is 2.35. The van der Waals surface area contributed by atoms with Crippen LogP contribution < -0.4 is 10.6 Å². The number of anilines is 1. The van der Waals surface area contributed by atoms with E-state index in [2.05, 4.69) is 40.7 Å². The van der Waals surface area contributed by atoms with Crippen molar-refractivity contribution in [3.8, 4) is 0 Å². The quantitative estimate of drug-likeness (QED) is 0.822. The lowest BCUT2D eigenvalue weighted by molar-refractivity contribution is -0.121. The van der Waals surface area contributed by atoms with Gasteiger partial charge in [0.05, 0.1) is 6.54 Å². The molecule has 4 nitrogen and oxygen atoms in total. The summed E-state index contributed by atoms with van der Waals surface area (Å²) in [5.41, 5.74) is 3.95. The van der Waals surface area contributed by atoms with E-state index in [-0.39, 0.29) is 5.91 Å². The summed E-state index contributed by atoms with van der Waals surface area (Å²) in [6, 6.07) is 6.42. The molecule has 98 valence electrons. The van der Waals surface area contributed by atoms with Gasteiger partial charge in [-0.1, -0.05) is 25.1 Å². The smallest absolute Gasteiger partial charge is 0.233 e. The highest BCUT2D eigenvalue weighted by molar-refractivity contribution is 5.77. The van der Waals surface area contributed by atoms with Crippen LogP contribution in [0.3, 0.4) is 0 Å². The Bertz CT molecular complexity index is 431. The monoisotopic (exact) mass is 247 g/mol. The Hall–Kier alpha value is -1.55. The van der Waals surface area contributed by atoms with Crippen molar-refractivity contribution in [2.24, 2.45) is 0 Å². The van der Waals surface area contributed by atoms with E-state index in [4.69, 9.17) is 0 Å². The van der Waals surface area contributed by atoms with Gasteiger partial charge < -0.3 is 10.6 Å². The number of hydrogen-bond donors (Lipinski definition) is 2. The molecule has 1 aliphatic rings. The molecule has 0 fully saturated rings. The number of carbonyl (C=O) groups is 1. The molecule has 0 aromatic heterocycles. The van der Waals surface area contributed by atoms with Crippen LogP contribution in [-0.4, -0.2) is 37.5 Å². The second-order valence-electron chi connectivity index (χ2n) is 4.60. The normalized spacial score (nSPS) is 13.3. The van der Waals surface area contributed by atoms with Crippen molar-refractivity contribution in [3.05, 3.63) is 29.3 Å². The van der Waals surface area contributed by atoms with Crippen LogP contribution in [0.5, 0.6) is 0 Å². The molecule has 1 heterocycles. The molecule has 0 unspecified atom stereocenters. The summed E-state index contributed by atoms with van der Waals surface area (Å²) < 4.78 is 0. The molecule has 1 aromatic rings. The molecule has 1 aromatic carbocycles. The molecule has 0 radical (unpaired) electrons. The molecule has 1 amide bonds. The molecule has 0 bridgehead atoms. The number of para-hydroxylation sites is 1. The highest BCUT2D eigenvalue weighted by Crippen LogP contribution is 2.27. The van der Waals surface area contributed by atoms with Crippen molar-refractivity contribution in [3.63, 3.8) is 0 Å². The average Bonchev–Trinajstić information content (AvgIpc) is 2.87. The van der Waals surface area contributed by atoms with Gasteiger partial charge >= 0.3 is 0 Å². The largest absolute Gasteiger partial charge is 0.384 e. The maximum absolute atomic E-state index is 11.4. The lowest BCUT2D eigenvalue weighted by Gasteiger charge is -2.21. The van der Waals surface area contributed by atoms with Gasteiger partial charge in [0, 0.05) is 25.8 Å². The minimum Gasteiger partial charge on any atom is -0.384 e. The van der Waals surface area contributed by atoms with Crippen LogP contribution in [0, 0.1) is 0 Å². The molecule has 1 aliphatic heterocycles. The van der Waals surface area contributed by atoms with Crippen LogP contribution >= 0.6 is 0 Å². The fourth-order valence-corrected chi connectivity index (χ4v) is 2.35. The van der Waals surface area contributed by atoms with E-state index < -0.39 is 0 Å². The molecular formula is C14H21N3O. The Morgan fingerprint density at radius 3 is 3.06 bits per heavy atom. The first-order valence-corrected chi connectivity index (χ1v) is 6.52. The number of nitrogens with one attached hydrogen (secondary N) is 2. The van der Waals surface area contributed by atoms with Gasteiger partial charge in [-0.05, 0) is 24.1 Å². The van der Waals surface area contributed by atoms with Gasteiger partial charge in [-0.2, -0.15) is 0 Å². The molecule has 0 atom stereocenters. The maximum Gasteiger partial charge on any atom is 0.233 e. The summed E-state index contributed by atoms with van der Waals surface area (Å²) in [5, 5.41) is 6.11. The number of rotatable bonds is 5. The molecule has 4 heteroatoms. The van der Waals surface area contributed by atoms with E-state index in [0.29, 0.717) is 6.54 Å². The molecule has 0 saturated carbocycles. The molecule has 18 heavy (non-hydrogen) atoms. The van der Waals surface area contributed by atoms with Gasteiger partial charge in [-0.25, -0.2) is 0 Å². The lowest BCUT2D eigenvalue weighted by Crippen LogP contribution is -2.35. The Kier molecular flexibility index (Phi) is 4.20. The summed E-state index contributed by atoms with van der Waals surface area (Å²) in [4.78, 5) is 13.6. The maximum atomic E-state index is 11.4. The number of likely N-dealkylation sites (N-methyl/N-ethyl adjacent to an activating group) is 2. The number of nitrogens with zero attached hydrogens (tertiary/aromatic N) is 1. The number of carbonyl (C=O) groups excluding carboxylic acids is 1. The standard InChI is InChI=1S/C14H21N3O/c1-3-17(10-13(18)15-2)9-12-6-4-5-11-7-8-16-14(11)12/h4-6,16H,3,7-10H2,1-2H3,(H,15,18). The van der Waals surface area contributed by atoms with Crippen molar-refractivity contribution in [1.82, 2.24) is 10.2 Å². The van der Waals surface area contributed by atoms with Crippen LogP contribution in [0.1, 0.15) is 18.1 Å². The molecule has 0 saturated heterocycles. The molecule has 0 aliphatic carbocycles. The first-order valence-electron chi connectivity index (χ1n) is 6.52. The summed E-state index contributed by atoms with van der Waals surface area (Å²) in [5.74, 6) is 0.0670. The summed E-state index contributed by atoms with van der Waals surface area (Å²) >= 11 is 0. The number of benzene rings is 1. The Balaban J connectivity index is 2.08. The fraction of sp³-hybridized carbons (Fsp3) is 0.500.